The van der Waals surface area contributed by atoms with Crippen molar-refractivity contribution in [1.29, 1.82) is 5.26 Å². The number of amides is 1. The van der Waals surface area contributed by atoms with Crippen LogP contribution in [0.1, 0.15) is 31.1 Å². The zero-order valence-corrected chi connectivity index (χ0v) is 17.2. The van der Waals surface area contributed by atoms with Crippen molar-refractivity contribution >= 4 is 33.4 Å². The highest BCUT2D eigenvalue weighted by Crippen LogP contribution is 2.32. The van der Waals surface area contributed by atoms with Gasteiger partial charge in [-0.15, -0.1) is 11.3 Å². The number of ether oxygens (including phenoxy) is 1. The number of para-hydroxylation sites is 1. The Morgan fingerprint density at radius 1 is 1.21 bits per heavy atom. The first-order valence-electron chi connectivity index (χ1n) is 9.18. The molecule has 7 heteroatoms. The van der Waals surface area contributed by atoms with Gasteiger partial charge in [0.15, 0.2) is 6.61 Å². The summed E-state index contributed by atoms with van der Waals surface area (Å²) < 4.78 is 6.24. The molecule has 6 nitrogen and oxygen atoms in total. The summed E-state index contributed by atoms with van der Waals surface area (Å²) in [6.45, 7) is 4.85. The Bertz CT molecular complexity index is 1070. The van der Waals surface area contributed by atoms with Gasteiger partial charge in [0.1, 0.15) is 10.5 Å². The van der Waals surface area contributed by atoms with Crippen molar-refractivity contribution in [3.05, 3.63) is 54.1 Å². The number of aromatic nitrogens is 1. The zero-order chi connectivity index (χ0) is 21.0. The Morgan fingerprint density at radius 3 is 2.59 bits per heavy atom. The van der Waals surface area contributed by atoms with E-state index < -0.39 is 24.0 Å². The predicted octanol–water partition coefficient (Wildman–Crippen LogP) is 4.17. The van der Waals surface area contributed by atoms with Crippen LogP contribution in [-0.2, 0) is 9.53 Å². The van der Waals surface area contributed by atoms with E-state index in [0.717, 1.165) is 10.2 Å². The van der Waals surface area contributed by atoms with Gasteiger partial charge in [0.25, 0.3) is 5.91 Å². The highest BCUT2D eigenvalue weighted by molar-refractivity contribution is 7.21. The van der Waals surface area contributed by atoms with Crippen LogP contribution in [0.2, 0.25) is 0 Å². The van der Waals surface area contributed by atoms with Crippen LogP contribution in [0.4, 0.5) is 0 Å². The molecular weight excluding hydrogens is 386 g/mol. The van der Waals surface area contributed by atoms with E-state index in [-0.39, 0.29) is 5.92 Å². The van der Waals surface area contributed by atoms with Gasteiger partial charge in [-0.2, -0.15) is 5.26 Å². The number of hydrogen-bond acceptors (Lipinski definition) is 6. The molecule has 0 saturated heterocycles. The second-order valence-corrected chi connectivity index (χ2v) is 8.16. The highest BCUT2D eigenvalue weighted by atomic mass is 32.1. The standard InChI is InChI=1S/C22H21N3O3S/c1-14(2)22(3,13-23)25-19(26)12-28-21(27)16-9-5-4-8-15(16)20-24-17-10-6-7-11-18(17)29-20/h4-11,14H,12H2,1-3H3,(H,25,26)/t22-/m0/s1. The average Bonchev–Trinajstić information content (AvgIpc) is 3.16. The second-order valence-electron chi connectivity index (χ2n) is 7.13. The maximum Gasteiger partial charge on any atom is 0.339 e. The predicted molar refractivity (Wildman–Crippen MR) is 112 cm³/mol. The fraction of sp³-hybridized carbons (Fsp3) is 0.273. The molecule has 0 spiro atoms. The molecule has 0 saturated carbocycles. The minimum Gasteiger partial charge on any atom is -0.452 e. The van der Waals surface area contributed by atoms with E-state index in [4.69, 9.17) is 4.74 Å². The number of esters is 1. The highest BCUT2D eigenvalue weighted by Gasteiger charge is 2.30. The van der Waals surface area contributed by atoms with E-state index in [2.05, 4.69) is 16.4 Å². The lowest BCUT2D eigenvalue weighted by Crippen LogP contribution is -2.50. The fourth-order valence-corrected chi connectivity index (χ4v) is 3.68. The molecule has 0 aliphatic rings. The quantitative estimate of drug-likeness (QED) is 0.619. The Hall–Kier alpha value is -3.24. The van der Waals surface area contributed by atoms with Crippen LogP contribution in [0.25, 0.3) is 20.8 Å². The van der Waals surface area contributed by atoms with Crippen LogP contribution in [0, 0.1) is 17.2 Å². The summed E-state index contributed by atoms with van der Waals surface area (Å²) in [6.07, 6.45) is 0. The minimum absolute atomic E-state index is 0.0908. The van der Waals surface area contributed by atoms with Crippen molar-refractivity contribution in [2.75, 3.05) is 6.61 Å². The number of carbonyl (C=O) groups is 2. The molecule has 1 amide bonds. The van der Waals surface area contributed by atoms with Crippen LogP contribution < -0.4 is 5.32 Å². The Labute approximate surface area is 173 Å². The summed E-state index contributed by atoms with van der Waals surface area (Å²) in [5, 5.41) is 12.6. The van der Waals surface area contributed by atoms with Gasteiger partial charge in [-0.25, -0.2) is 9.78 Å². The van der Waals surface area contributed by atoms with E-state index >= 15 is 0 Å². The van der Waals surface area contributed by atoms with Gasteiger partial charge in [0.2, 0.25) is 0 Å². The van der Waals surface area contributed by atoms with Gasteiger partial charge in [0.05, 0.1) is 21.8 Å². The van der Waals surface area contributed by atoms with Crippen LogP contribution in [0.3, 0.4) is 0 Å². The average molecular weight is 407 g/mol. The number of benzene rings is 2. The third-order valence-corrected chi connectivity index (χ3v) is 5.86. The normalized spacial score (nSPS) is 12.9. The molecule has 0 unspecified atom stereocenters. The van der Waals surface area contributed by atoms with Crippen LogP contribution in [0.15, 0.2) is 48.5 Å². The molecule has 0 radical (unpaired) electrons. The number of nitriles is 1. The SMILES string of the molecule is CC(C)[C@](C)(C#N)NC(=O)COC(=O)c1ccccc1-c1nc2ccccc2s1. The molecular formula is C22H21N3O3S. The maximum atomic E-state index is 12.6. The van der Waals surface area contributed by atoms with Crippen molar-refractivity contribution in [2.45, 2.75) is 26.3 Å². The number of carbonyl (C=O) groups excluding carboxylic acids is 2. The molecule has 1 heterocycles. The number of thiazole rings is 1. The Kier molecular flexibility index (Phi) is 5.95. The van der Waals surface area contributed by atoms with Gasteiger partial charge in [0, 0.05) is 5.56 Å². The van der Waals surface area contributed by atoms with Gasteiger partial charge < -0.3 is 10.1 Å². The molecule has 1 N–H and O–H groups in total. The Balaban J connectivity index is 1.75. The summed E-state index contributed by atoms with van der Waals surface area (Å²) in [6, 6.07) is 16.9. The minimum atomic E-state index is -1.03. The molecule has 3 aromatic rings. The third-order valence-electron chi connectivity index (χ3n) is 4.79. The molecule has 148 valence electrons. The molecule has 0 aliphatic heterocycles. The Morgan fingerprint density at radius 2 is 1.90 bits per heavy atom. The lowest BCUT2D eigenvalue weighted by Gasteiger charge is -2.27. The van der Waals surface area contributed by atoms with Crippen molar-refractivity contribution in [2.24, 2.45) is 5.92 Å². The van der Waals surface area contributed by atoms with E-state index in [1.54, 1.807) is 25.1 Å². The molecule has 1 atom stereocenters. The summed E-state index contributed by atoms with van der Waals surface area (Å²) in [7, 11) is 0. The smallest absolute Gasteiger partial charge is 0.339 e. The van der Waals surface area contributed by atoms with Crippen LogP contribution in [-0.4, -0.2) is 29.0 Å². The van der Waals surface area contributed by atoms with E-state index in [1.807, 2.05) is 44.2 Å². The van der Waals surface area contributed by atoms with Crippen LogP contribution in [0.5, 0.6) is 0 Å². The number of nitrogens with one attached hydrogen (secondary N) is 1. The molecule has 2 aromatic carbocycles. The monoisotopic (exact) mass is 407 g/mol. The third kappa shape index (κ3) is 4.44. The first-order chi connectivity index (χ1) is 13.8. The fourth-order valence-electron chi connectivity index (χ4n) is 2.67. The van der Waals surface area contributed by atoms with Crippen molar-refractivity contribution in [3.8, 4) is 16.6 Å². The first-order valence-corrected chi connectivity index (χ1v) is 10.00. The molecule has 0 fully saturated rings. The van der Waals surface area contributed by atoms with Gasteiger partial charge in [-0.05, 0) is 31.0 Å². The topological polar surface area (TPSA) is 92.1 Å². The lowest BCUT2D eigenvalue weighted by atomic mass is 9.90. The van der Waals surface area contributed by atoms with Crippen molar-refractivity contribution < 1.29 is 14.3 Å². The summed E-state index contributed by atoms with van der Waals surface area (Å²) in [4.78, 5) is 29.4. The maximum absolute atomic E-state index is 12.6. The number of nitrogens with zero attached hydrogens (tertiary/aromatic N) is 2. The molecule has 0 bridgehead atoms. The van der Waals surface area contributed by atoms with E-state index in [0.29, 0.717) is 16.1 Å². The summed E-state index contributed by atoms with van der Waals surface area (Å²) in [5.74, 6) is -1.22. The summed E-state index contributed by atoms with van der Waals surface area (Å²) >= 11 is 1.49. The lowest BCUT2D eigenvalue weighted by molar-refractivity contribution is -0.125. The molecule has 0 aliphatic carbocycles. The van der Waals surface area contributed by atoms with Gasteiger partial charge in [-0.3, -0.25) is 4.79 Å². The number of hydrogen-bond donors (Lipinski definition) is 1. The summed E-state index contributed by atoms with van der Waals surface area (Å²) in [5.41, 5.74) is 0.830. The molecule has 3 rings (SSSR count). The zero-order valence-electron chi connectivity index (χ0n) is 16.4. The van der Waals surface area contributed by atoms with E-state index in [9.17, 15) is 14.9 Å². The van der Waals surface area contributed by atoms with E-state index in [1.165, 1.54) is 11.3 Å². The largest absolute Gasteiger partial charge is 0.452 e. The van der Waals surface area contributed by atoms with Crippen molar-refractivity contribution in [3.63, 3.8) is 0 Å². The first kappa shape index (κ1) is 20.5. The second kappa shape index (κ2) is 8.41. The van der Waals surface area contributed by atoms with Crippen LogP contribution >= 0.6 is 11.3 Å². The number of fused-ring (bicyclic) bond motifs is 1. The van der Waals surface area contributed by atoms with Gasteiger partial charge >= 0.3 is 5.97 Å². The van der Waals surface area contributed by atoms with Gasteiger partial charge in [-0.1, -0.05) is 44.2 Å². The molecule has 29 heavy (non-hydrogen) atoms. The van der Waals surface area contributed by atoms with Crippen molar-refractivity contribution in [1.82, 2.24) is 10.3 Å². The molecule has 1 aromatic heterocycles. The number of rotatable bonds is 6.